The Morgan fingerprint density at radius 3 is 2.71 bits per heavy atom. The smallest absolute Gasteiger partial charge is 0.281 e. The van der Waals surface area contributed by atoms with Gasteiger partial charge >= 0.3 is 0 Å². The second kappa shape index (κ2) is 8.46. The van der Waals surface area contributed by atoms with E-state index < -0.39 is 0 Å². The van der Waals surface area contributed by atoms with Crippen LogP contribution < -0.4 is 19.7 Å². The largest absolute Gasteiger partial charge is 0.493 e. The van der Waals surface area contributed by atoms with Crippen LogP contribution >= 0.6 is 23.8 Å². The van der Waals surface area contributed by atoms with Gasteiger partial charge in [-0.3, -0.25) is 9.69 Å². The minimum atomic E-state index is -0.235. The van der Waals surface area contributed by atoms with E-state index >= 15 is 0 Å². The predicted molar refractivity (Wildman–Crippen MR) is 116 cm³/mol. The summed E-state index contributed by atoms with van der Waals surface area (Å²) in [5.41, 5.74) is 2.70. The number of thiocarbonyl (C=S) groups is 1. The molecule has 5 nitrogen and oxygen atoms in total. The van der Waals surface area contributed by atoms with Crippen molar-refractivity contribution < 1.29 is 14.3 Å². The number of carbonyl (C=O) groups excluding carboxylic acids is 1. The number of nitrogens with zero attached hydrogens (tertiary/aromatic N) is 1. The van der Waals surface area contributed by atoms with Crippen molar-refractivity contribution in [3.8, 4) is 11.5 Å². The van der Waals surface area contributed by atoms with Crippen LogP contribution in [0.2, 0.25) is 5.02 Å². The third kappa shape index (κ3) is 4.03. The van der Waals surface area contributed by atoms with Crippen LogP contribution in [0.4, 0.5) is 5.69 Å². The lowest BCUT2D eigenvalue weighted by atomic mass is 10.1. The quantitative estimate of drug-likeness (QED) is 0.429. The van der Waals surface area contributed by atoms with Gasteiger partial charge in [0.15, 0.2) is 16.6 Å². The zero-order valence-corrected chi connectivity index (χ0v) is 17.1. The summed E-state index contributed by atoms with van der Waals surface area (Å²) in [6, 6.07) is 10.7. The van der Waals surface area contributed by atoms with Crippen molar-refractivity contribution >= 4 is 46.6 Å². The van der Waals surface area contributed by atoms with Crippen LogP contribution in [0.25, 0.3) is 6.08 Å². The second-order valence-corrected chi connectivity index (χ2v) is 6.89. The van der Waals surface area contributed by atoms with Crippen LogP contribution in [0.15, 0.2) is 54.8 Å². The fourth-order valence-electron chi connectivity index (χ4n) is 2.83. The SMILES string of the molecule is C=CCOc1ccc(/C=C2\NC(=S)N(c3ccc(Cl)cc3C)C2=O)cc1OC. The van der Waals surface area contributed by atoms with E-state index in [4.69, 9.17) is 33.3 Å². The zero-order chi connectivity index (χ0) is 20.3. The summed E-state index contributed by atoms with van der Waals surface area (Å²) in [6.45, 7) is 5.89. The van der Waals surface area contributed by atoms with E-state index in [1.54, 1.807) is 49.6 Å². The van der Waals surface area contributed by atoms with Crippen molar-refractivity contribution in [1.82, 2.24) is 5.32 Å². The van der Waals surface area contributed by atoms with E-state index in [1.165, 1.54) is 4.90 Å². The van der Waals surface area contributed by atoms with Gasteiger partial charge in [-0.25, -0.2) is 0 Å². The van der Waals surface area contributed by atoms with Crippen LogP contribution in [-0.4, -0.2) is 24.7 Å². The van der Waals surface area contributed by atoms with Gasteiger partial charge in [0.1, 0.15) is 12.3 Å². The molecule has 1 aliphatic heterocycles. The van der Waals surface area contributed by atoms with Crippen molar-refractivity contribution in [3.05, 3.63) is 70.9 Å². The molecule has 0 aromatic heterocycles. The Morgan fingerprint density at radius 2 is 2.04 bits per heavy atom. The molecule has 3 rings (SSSR count). The van der Waals surface area contributed by atoms with Gasteiger partial charge in [-0.2, -0.15) is 0 Å². The first kappa shape index (κ1) is 19.9. The van der Waals surface area contributed by atoms with Crippen LogP contribution in [0.5, 0.6) is 11.5 Å². The first-order valence-electron chi connectivity index (χ1n) is 8.49. The normalized spacial score (nSPS) is 15.0. The van der Waals surface area contributed by atoms with E-state index in [0.717, 1.165) is 11.1 Å². The van der Waals surface area contributed by atoms with Gasteiger partial charge in [-0.15, -0.1) is 0 Å². The topological polar surface area (TPSA) is 50.8 Å². The standard InChI is InChI=1S/C21H19ClN2O3S/c1-4-9-27-18-8-5-14(12-19(18)26-3)11-16-20(25)24(21(28)23-16)17-7-6-15(22)10-13(17)2/h4-8,10-12H,1,9H2,2-3H3,(H,23,28)/b16-11-. The highest BCUT2D eigenvalue weighted by atomic mass is 35.5. The summed E-state index contributed by atoms with van der Waals surface area (Å²) in [6.07, 6.45) is 3.38. The van der Waals surface area contributed by atoms with E-state index in [2.05, 4.69) is 11.9 Å². The number of carbonyl (C=O) groups is 1. The number of rotatable bonds is 6. The number of anilines is 1. The molecule has 2 aromatic carbocycles. The average Bonchev–Trinajstić information content (AvgIpc) is 2.94. The predicted octanol–water partition coefficient (Wildman–Crippen LogP) is 4.48. The molecule has 1 fully saturated rings. The first-order valence-corrected chi connectivity index (χ1v) is 9.28. The molecule has 0 aliphatic carbocycles. The van der Waals surface area contributed by atoms with Crippen LogP contribution in [0.1, 0.15) is 11.1 Å². The molecule has 1 amide bonds. The van der Waals surface area contributed by atoms with Gasteiger partial charge in [-0.05, 0) is 66.7 Å². The van der Waals surface area contributed by atoms with Crippen molar-refractivity contribution in [2.24, 2.45) is 0 Å². The summed E-state index contributed by atoms with van der Waals surface area (Å²) in [5, 5.41) is 3.90. The number of amides is 1. The molecular formula is C21H19ClN2O3S. The Labute approximate surface area is 174 Å². The Balaban J connectivity index is 1.90. The molecule has 0 bridgehead atoms. The molecule has 28 heavy (non-hydrogen) atoms. The molecule has 2 aromatic rings. The number of aryl methyl sites for hydroxylation is 1. The van der Waals surface area contributed by atoms with Gasteiger partial charge in [-0.1, -0.05) is 30.3 Å². The minimum absolute atomic E-state index is 0.235. The number of ether oxygens (including phenoxy) is 2. The van der Waals surface area contributed by atoms with Gasteiger partial charge in [0.2, 0.25) is 0 Å². The third-order valence-electron chi connectivity index (χ3n) is 4.13. The van der Waals surface area contributed by atoms with Gasteiger partial charge in [0, 0.05) is 5.02 Å². The number of benzene rings is 2. The van der Waals surface area contributed by atoms with E-state index in [-0.39, 0.29) is 5.91 Å². The van der Waals surface area contributed by atoms with Gasteiger partial charge in [0.25, 0.3) is 5.91 Å². The van der Waals surface area contributed by atoms with Gasteiger partial charge in [0.05, 0.1) is 12.8 Å². The van der Waals surface area contributed by atoms with Crippen LogP contribution in [0.3, 0.4) is 0 Å². The fourth-order valence-corrected chi connectivity index (χ4v) is 3.35. The summed E-state index contributed by atoms with van der Waals surface area (Å²) in [7, 11) is 1.56. The minimum Gasteiger partial charge on any atom is -0.493 e. The Hall–Kier alpha value is -2.83. The lowest BCUT2D eigenvalue weighted by Crippen LogP contribution is -2.30. The Kier molecular flexibility index (Phi) is 6.02. The zero-order valence-electron chi connectivity index (χ0n) is 15.5. The summed E-state index contributed by atoms with van der Waals surface area (Å²) >= 11 is 11.4. The van der Waals surface area contributed by atoms with E-state index in [0.29, 0.717) is 39.6 Å². The van der Waals surface area contributed by atoms with Crippen molar-refractivity contribution in [2.45, 2.75) is 6.92 Å². The van der Waals surface area contributed by atoms with E-state index in [9.17, 15) is 4.79 Å². The molecule has 1 heterocycles. The lowest BCUT2D eigenvalue weighted by molar-refractivity contribution is -0.113. The lowest BCUT2D eigenvalue weighted by Gasteiger charge is -2.16. The first-order chi connectivity index (χ1) is 13.4. The highest BCUT2D eigenvalue weighted by Crippen LogP contribution is 2.31. The molecule has 144 valence electrons. The number of methoxy groups -OCH3 is 1. The molecule has 1 aliphatic rings. The summed E-state index contributed by atoms with van der Waals surface area (Å²) in [4.78, 5) is 14.4. The molecule has 7 heteroatoms. The number of nitrogens with one attached hydrogen (secondary N) is 1. The van der Waals surface area contributed by atoms with Gasteiger partial charge < -0.3 is 14.8 Å². The maximum absolute atomic E-state index is 12.9. The summed E-state index contributed by atoms with van der Waals surface area (Å²) in [5.74, 6) is 0.931. The maximum Gasteiger partial charge on any atom is 0.281 e. The molecule has 0 saturated carbocycles. The molecule has 0 atom stereocenters. The molecule has 0 spiro atoms. The molecule has 1 saturated heterocycles. The third-order valence-corrected chi connectivity index (χ3v) is 4.65. The number of halogens is 1. The maximum atomic E-state index is 12.9. The average molecular weight is 415 g/mol. The molecule has 0 unspecified atom stereocenters. The number of hydrogen-bond acceptors (Lipinski definition) is 4. The van der Waals surface area contributed by atoms with Crippen molar-refractivity contribution in [2.75, 3.05) is 18.6 Å². The Morgan fingerprint density at radius 1 is 1.25 bits per heavy atom. The van der Waals surface area contributed by atoms with E-state index in [1.807, 2.05) is 13.0 Å². The van der Waals surface area contributed by atoms with Crippen LogP contribution in [-0.2, 0) is 4.79 Å². The number of hydrogen-bond donors (Lipinski definition) is 1. The molecule has 1 N–H and O–H groups in total. The van der Waals surface area contributed by atoms with Crippen LogP contribution in [0, 0.1) is 6.92 Å². The fraction of sp³-hybridized carbons (Fsp3) is 0.143. The highest BCUT2D eigenvalue weighted by molar-refractivity contribution is 7.80. The molecule has 0 radical (unpaired) electrons. The monoisotopic (exact) mass is 414 g/mol. The summed E-state index contributed by atoms with van der Waals surface area (Å²) < 4.78 is 10.9. The van der Waals surface area contributed by atoms with Crippen molar-refractivity contribution in [3.63, 3.8) is 0 Å². The highest BCUT2D eigenvalue weighted by Gasteiger charge is 2.32. The molecular weight excluding hydrogens is 396 g/mol. The second-order valence-electron chi connectivity index (χ2n) is 6.07. The Bertz CT molecular complexity index is 988. The van der Waals surface area contributed by atoms with Crippen molar-refractivity contribution in [1.29, 1.82) is 0 Å².